The molecule has 29 heavy (non-hydrogen) atoms. The highest BCUT2D eigenvalue weighted by molar-refractivity contribution is 9.10. The van der Waals surface area contributed by atoms with Crippen molar-refractivity contribution in [2.45, 2.75) is 107 Å². The molecule has 2 rings (SSSR count). The first-order valence-electron chi connectivity index (χ1n) is 11.6. The zero-order valence-electron chi connectivity index (χ0n) is 20.5. The first-order valence-corrected chi connectivity index (χ1v) is 13.2. The highest BCUT2D eigenvalue weighted by Gasteiger charge is 2.11. The normalized spacial score (nSPS) is 10.8. The van der Waals surface area contributed by atoms with E-state index in [1.807, 2.05) is 20.0 Å². The number of rotatable bonds is 7. The lowest BCUT2D eigenvalue weighted by Gasteiger charge is -2.04. The molecule has 0 spiro atoms. The van der Waals surface area contributed by atoms with Crippen molar-refractivity contribution in [3.05, 3.63) is 32.0 Å². The Bertz CT molecular complexity index is 684. The topological polar surface area (TPSA) is 22.0 Å². The molecule has 0 fully saturated rings. The minimum absolute atomic E-state index is 0.0925. The van der Waals surface area contributed by atoms with Crippen molar-refractivity contribution in [1.82, 2.24) is 4.57 Å². The van der Waals surface area contributed by atoms with E-state index in [1.165, 1.54) is 49.8 Å². The van der Waals surface area contributed by atoms with Gasteiger partial charge in [-0.1, -0.05) is 100 Å². The van der Waals surface area contributed by atoms with Crippen molar-refractivity contribution < 1.29 is 0 Å². The van der Waals surface area contributed by atoms with Crippen LogP contribution in [0.2, 0.25) is 0 Å². The van der Waals surface area contributed by atoms with Gasteiger partial charge in [0.2, 0.25) is 0 Å². The predicted octanol–water partition coefficient (Wildman–Crippen LogP) is 9.37. The van der Waals surface area contributed by atoms with E-state index in [0.29, 0.717) is 5.92 Å². The second kappa shape index (κ2) is 19.4. The lowest BCUT2D eigenvalue weighted by atomic mass is 10.0. The van der Waals surface area contributed by atoms with Crippen LogP contribution in [0.4, 0.5) is 0 Å². The molecule has 0 N–H and O–H groups in total. The molecule has 2 nitrogen and oxygen atoms in total. The van der Waals surface area contributed by atoms with E-state index < -0.39 is 0 Å². The van der Waals surface area contributed by atoms with Gasteiger partial charge in [-0.05, 0) is 34.3 Å². The minimum atomic E-state index is 0.0925. The molecule has 170 valence electrons. The van der Waals surface area contributed by atoms with Gasteiger partial charge in [0, 0.05) is 18.1 Å². The van der Waals surface area contributed by atoms with Crippen molar-refractivity contribution in [2.75, 3.05) is 0 Å². The first kappa shape index (κ1) is 30.6. The van der Waals surface area contributed by atoms with Crippen molar-refractivity contribution >= 4 is 37.4 Å². The van der Waals surface area contributed by atoms with E-state index in [2.05, 4.69) is 63.5 Å². The number of thiophene rings is 1. The molecule has 0 saturated carbocycles. The number of hydrogen-bond acceptors (Lipinski definition) is 2. The monoisotopic (exact) mass is 487 g/mol. The average molecular weight is 489 g/mol. The van der Waals surface area contributed by atoms with Gasteiger partial charge in [-0.25, -0.2) is 0 Å². The molecule has 4 heteroatoms. The maximum atomic E-state index is 12.0. The van der Waals surface area contributed by atoms with Crippen LogP contribution in [0.3, 0.4) is 0 Å². The third-order valence-electron chi connectivity index (χ3n) is 4.56. The van der Waals surface area contributed by atoms with E-state index in [4.69, 9.17) is 0 Å². The van der Waals surface area contributed by atoms with Gasteiger partial charge in [0.15, 0.2) is 0 Å². The summed E-state index contributed by atoms with van der Waals surface area (Å²) in [6, 6.07) is 2.05. The third kappa shape index (κ3) is 12.6. The first-order chi connectivity index (χ1) is 13.9. The molecule has 0 aliphatic carbocycles. The Morgan fingerprint density at radius 2 is 1.52 bits per heavy atom. The molecule has 0 unspecified atom stereocenters. The molecule has 1 atom stereocenters. The van der Waals surface area contributed by atoms with Crippen LogP contribution in [0, 0.1) is 5.92 Å². The van der Waals surface area contributed by atoms with E-state index >= 15 is 0 Å². The number of hydrogen-bond donors (Lipinski definition) is 0. The van der Waals surface area contributed by atoms with Crippen molar-refractivity contribution in [2.24, 2.45) is 13.0 Å². The maximum absolute atomic E-state index is 12.0. The van der Waals surface area contributed by atoms with Gasteiger partial charge >= 0.3 is 0 Å². The smallest absolute Gasteiger partial charge is 0.259 e. The maximum Gasteiger partial charge on any atom is 0.259 e. The molecule has 2 aromatic rings. The fraction of sp³-hybridized carbons (Fsp3) is 0.720. The third-order valence-corrected chi connectivity index (χ3v) is 6.62. The van der Waals surface area contributed by atoms with Crippen molar-refractivity contribution in [1.29, 1.82) is 0 Å². The molecule has 0 aliphatic rings. The van der Waals surface area contributed by atoms with Crippen LogP contribution in [-0.2, 0) is 13.5 Å². The highest BCUT2D eigenvalue weighted by Crippen LogP contribution is 2.31. The predicted molar refractivity (Wildman–Crippen MR) is 140 cm³/mol. The second-order valence-electron chi connectivity index (χ2n) is 7.27. The van der Waals surface area contributed by atoms with E-state index in [9.17, 15) is 4.79 Å². The Morgan fingerprint density at radius 1 is 1.00 bits per heavy atom. The zero-order valence-corrected chi connectivity index (χ0v) is 22.9. The van der Waals surface area contributed by atoms with Crippen molar-refractivity contribution in [3.63, 3.8) is 0 Å². The Balaban J connectivity index is 0. The number of nitrogens with zero attached hydrogens (tertiary/aromatic N) is 1. The van der Waals surface area contributed by atoms with Gasteiger partial charge < -0.3 is 4.57 Å². The van der Waals surface area contributed by atoms with E-state index in [1.54, 1.807) is 23.0 Å². The van der Waals surface area contributed by atoms with Gasteiger partial charge in [0.05, 0.1) is 14.6 Å². The highest BCUT2D eigenvalue weighted by atomic mass is 79.9. The molecule has 0 amide bonds. The second-order valence-corrected chi connectivity index (χ2v) is 9.26. The summed E-state index contributed by atoms with van der Waals surface area (Å²) in [6.07, 6.45) is 12.3. The van der Waals surface area contributed by atoms with Gasteiger partial charge in [-0.2, -0.15) is 0 Å². The van der Waals surface area contributed by atoms with E-state index in [0.717, 1.165) is 21.0 Å². The number of pyridine rings is 1. The summed E-state index contributed by atoms with van der Waals surface area (Å²) in [7, 11) is 1.79. The number of halogens is 1. The van der Waals surface area contributed by atoms with Crippen LogP contribution in [0.5, 0.6) is 0 Å². The molecular formula is C25H46BrNOS. The van der Waals surface area contributed by atoms with Crippen molar-refractivity contribution in [3.8, 4) is 0 Å². The minimum Gasteiger partial charge on any atom is -0.317 e. The summed E-state index contributed by atoms with van der Waals surface area (Å²) < 4.78 is 3.72. The Morgan fingerprint density at radius 3 is 1.93 bits per heavy atom. The van der Waals surface area contributed by atoms with Crippen LogP contribution >= 0.6 is 27.3 Å². The molecule has 0 aliphatic heterocycles. The molecule has 2 heterocycles. The van der Waals surface area contributed by atoms with Crippen LogP contribution in [0.1, 0.15) is 105 Å². The molecule has 0 radical (unpaired) electrons. The summed E-state index contributed by atoms with van der Waals surface area (Å²) in [5, 5.41) is 0.838. The number of aryl methyl sites for hydroxylation is 1. The fourth-order valence-electron chi connectivity index (χ4n) is 2.34. The Hall–Kier alpha value is -0.610. The number of aromatic nitrogens is 1. The Kier molecular flexibility index (Phi) is 20.4. The number of fused-ring (bicyclic) bond motifs is 1. The van der Waals surface area contributed by atoms with Crippen LogP contribution < -0.4 is 5.56 Å². The summed E-state index contributed by atoms with van der Waals surface area (Å²) in [5.74, 6) is 0.672. The van der Waals surface area contributed by atoms with Gasteiger partial charge in [0.25, 0.3) is 5.56 Å². The van der Waals surface area contributed by atoms with E-state index in [-0.39, 0.29) is 5.56 Å². The summed E-state index contributed by atoms with van der Waals surface area (Å²) >= 11 is 5.26. The summed E-state index contributed by atoms with van der Waals surface area (Å²) in [5.41, 5.74) is 0.0925. The average Bonchev–Trinajstić information content (AvgIpc) is 3.17. The summed E-state index contributed by atoms with van der Waals surface area (Å²) in [6.45, 7) is 17.3. The lowest BCUT2D eigenvalue weighted by molar-refractivity contribution is 0.565. The van der Waals surface area contributed by atoms with Crippen LogP contribution in [0.15, 0.2) is 21.5 Å². The molecule has 0 saturated heterocycles. The zero-order chi connectivity index (χ0) is 22.8. The molecular weight excluding hydrogens is 442 g/mol. The van der Waals surface area contributed by atoms with Gasteiger partial charge in [-0.15, -0.1) is 11.3 Å². The lowest BCUT2D eigenvalue weighted by Crippen LogP contribution is -2.15. The fourth-order valence-corrected chi connectivity index (χ4v) is 4.32. The van der Waals surface area contributed by atoms with Crippen LogP contribution in [0.25, 0.3) is 10.1 Å². The quantitative estimate of drug-likeness (QED) is 0.356. The largest absolute Gasteiger partial charge is 0.317 e. The standard InChI is InChI=1S/C13H16BrNOS.C6H14.C4H10.C2H6/c1-4-8(2)5-9-6-10-12(17-9)11(14)7-15(3)13(10)16;1-3-5-6-4-2;1-3-4-2;1-2/h6-8H,4-5H2,1-3H3;3-6H2,1-2H3;3-4H2,1-2H3;1-2H3/t8-;;;/m1.../s1. The molecule has 2 aromatic heterocycles. The number of unbranched alkanes of at least 4 members (excludes halogenated alkanes) is 4. The van der Waals surface area contributed by atoms with Gasteiger partial charge in [-0.3, -0.25) is 4.79 Å². The van der Waals surface area contributed by atoms with Gasteiger partial charge in [0.1, 0.15) is 0 Å². The van der Waals surface area contributed by atoms with Crippen LogP contribution in [-0.4, -0.2) is 4.57 Å². The Labute approximate surface area is 193 Å². The SMILES string of the molecule is CC.CCCC.CCCCCC.CC[C@@H](C)Cc1cc2c(=O)n(C)cc(Br)c2s1. The molecule has 0 aromatic carbocycles. The molecule has 0 bridgehead atoms. The summed E-state index contributed by atoms with van der Waals surface area (Å²) in [4.78, 5) is 13.3.